The van der Waals surface area contributed by atoms with E-state index in [1.165, 1.54) is 5.56 Å². The average Bonchev–Trinajstić information content (AvgIpc) is 2.24. The van der Waals surface area contributed by atoms with Crippen molar-refractivity contribution in [1.29, 1.82) is 0 Å². The van der Waals surface area contributed by atoms with Crippen LogP contribution in [0.3, 0.4) is 0 Å². The fraction of sp³-hybridized carbons (Fsp3) is 0.588. The molecule has 1 aromatic rings. The zero-order valence-corrected chi connectivity index (χ0v) is 14.1. The quantitative estimate of drug-likeness (QED) is 0.877. The largest absolute Gasteiger partial charge is 0.483 e. The topological polar surface area (TPSA) is 58.6 Å². The lowest BCUT2D eigenvalue weighted by atomic mass is 9.86. The molecule has 1 amide bonds. The SMILES string of the molecule is Cc1cc(C)c(OCC(=O)NC(C)(C)C(C)(C)O)c(C)c1. The number of nitrogens with one attached hydrogen (secondary N) is 1. The first kappa shape index (κ1) is 17.5. The van der Waals surface area contributed by atoms with E-state index >= 15 is 0 Å². The van der Waals surface area contributed by atoms with Crippen LogP contribution in [0.2, 0.25) is 0 Å². The minimum Gasteiger partial charge on any atom is -0.483 e. The molecule has 0 bridgehead atoms. The second-order valence-corrected chi connectivity index (χ2v) is 6.75. The minimum atomic E-state index is -1.02. The van der Waals surface area contributed by atoms with Gasteiger partial charge >= 0.3 is 0 Å². The lowest BCUT2D eigenvalue weighted by Crippen LogP contribution is -2.58. The number of aliphatic hydroxyl groups is 1. The van der Waals surface area contributed by atoms with Crippen molar-refractivity contribution in [3.8, 4) is 5.75 Å². The van der Waals surface area contributed by atoms with Crippen LogP contribution >= 0.6 is 0 Å². The molecule has 0 radical (unpaired) electrons. The van der Waals surface area contributed by atoms with Gasteiger partial charge in [-0.05, 0) is 59.6 Å². The molecule has 0 aliphatic carbocycles. The molecule has 1 rings (SSSR count). The van der Waals surface area contributed by atoms with Gasteiger partial charge in [-0.3, -0.25) is 4.79 Å². The van der Waals surface area contributed by atoms with Gasteiger partial charge in [0.2, 0.25) is 0 Å². The molecule has 0 aromatic heterocycles. The van der Waals surface area contributed by atoms with Gasteiger partial charge in [0, 0.05) is 0 Å². The fourth-order valence-electron chi connectivity index (χ4n) is 2.07. The summed E-state index contributed by atoms with van der Waals surface area (Å²) in [5.74, 6) is 0.498. The van der Waals surface area contributed by atoms with Crippen molar-refractivity contribution in [2.24, 2.45) is 0 Å². The Labute approximate surface area is 127 Å². The van der Waals surface area contributed by atoms with Gasteiger partial charge in [-0.1, -0.05) is 17.7 Å². The molecule has 0 unspecified atom stereocenters. The maximum Gasteiger partial charge on any atom is 0.258 e. The Morgan fingerprint density at radius 3 is 2.05 bits per heavy atom. The molecule has 0 aliphatic heterocycles. The first-order chi connectivity index (χ1) is 9.44. The van der Waals surface area contributed by atoms with E-state index in [2.05, 4.69) is 5.32 Å². The standard InChI is InChI=1S/C17H27NO3/c1-11-8-12(2)15(13(3)9-11)21-10-14(19)18-16(4,5)17(6,7)20/h8-9,20H,10H2,1-7H3,(H,18,19). The molecule has 2 N–H and O–H groups in total. The van der Waals surface area contributed by atoms with E-state index in [-0.39, 0.29) is 12.5 Å². The van der Waals surface area contributed by atoms with E-state index in [1.54, 1.807) is 27.7 Å². The van der Waals surface area contributed by atoms with E-state index in [4.69, 9.17) is 4.74 Å². The number of benzene rings is 1. The van der Waals surface area contributed by atoms with E-state index in [0.29, 0.717) is 0 Å². The molecule has 0 atom stereocenters. The summed E-state index contributed by atoms with van der Waals surface area (Å²) in [6.07, 6.45) is 0. The molecule has 118 valence electrons. The third-order valence-electron chi connectivity index (χ3n) is 3.93. The molecule has 0 fully saturated rings. The molecular weight excluding hydrogens is 266 g/mol. The zero-order valence-electron chi connectivity index (χ0n) is 14.1. The molecule has 1 aromatic carbocycles. The monoisotopic (exact) mass is 293 g/mol. The van der Waals surface area contributed by atoms with Crippen molar-refractivity contribution < 1.29 is 14.6 Å². The molecule has 0 saturated carbocycles. The Hall–Kier alpha value is -1.55. The smallest absolute Gasteiger partial charge is 0.258 e. The highest BCUT2D eigenvalue weighted by atomic mass is 16.5. The van der Waals surface area contributed by atoms with Crippen LogP contribution in [0, 0.1) is 20.8 Å². The van der Waals surface area contributed by atoms with Crippen molar-refractivity contribution in [1.82, 2.24) is 5.32 Å². The molecular formula is C17H27NO3. The van der Waals surface area contributed by atoms with E-state index < -0.39 is 11.1 Å². The van der Waals surface area contributed by atoms with Gasteiger partial charge in [-0.25, -0.2) is 0 Å². The van der Waals surface area contributed by atoms with Crippen LogP contribution in [0.5, 0.6) is 5.75 Å². The molecule has 4 heteroatoms. The Balaban J connectivity index is 2.71. The molecule has 0 spiro atoms. The first-order valence-corrected chi connectivity index (χ1v) is 7.18. The first-order valence-electron chi connectivity index (χ1n) is 7.18. The van der Waals surface area contributed by atoms with Crippen LogP contribution in [0.1, 0.15) is 44.4 Å². The second-order valence-electron chi connectivity index (χ2n) is 6.75. The van der Waals surface area contributed by atoms with Crippen LogP contribution < -0.4 is 10.1 Å². The van der Waals surface area contributed by atoms with Gasteiger partial charge in [-0.15, -0.1) is 0 Å². The van der Waals surface area contributed by atoms with Crippen LogP contribution in [0.25, 0.3) is 0 Å². The highest BCUT2D eigenvalue weighted by Gasteiger charge is 2.36. The number of amides is 1. The third kappa shape index (κ3) is 4.46. The van der Waals surface area contributed by atoms with Gasteiger partial charge in [-0.2, -0.15) is 0 Å². The number of hydrogen-bond donors (Lipinski definition) is 2. The van der Waals surface area contributed by atoms with E-state index in [9.17, 15) is 9.90 Å². The van der Waals surface area contributed by atoms with Gasteiger partial charge in [0.15, 0.2) is 6.61 Å². The summed E-state index contributed by atoms with van der Waals surface area (Å²) in [5, 5.41) is 12.8. The highest BCUT2D eigenvalue weighted by Crippen LogP contribution is 2.25. The maximum atomic E-state index is 12.0. The highest BCUT2D eigenvalue weighted by molar-refractivity contribution is 5.78. The fourth-order valence-corrected chi connectivity index (χ4v) is 2.07. The Morgan fingerprint density at radius 1 is 1.14 bits per heavy atom. The van der Waals surface area contributed by atoms with Crippen LogP contribution in [-0.4, -0.2) is 28.8 Å². The number of carbonyl (C=O) groups excluding carboxylic acids is 1. The molecule has 4 nitrogen and oxygen atoms in total. The van der Waals surface area contributed by atoms with Crippen LogP contribution in [0.4, 0.5) is 0 Å². The normalized spacial score (nSPS) is 12.2. The van der Waals surface area contributed by atoms with Crippen molar-refractivity contribution in [2.75, 3.05) is 6.61 Å². The van der Waals surface area contributed by atoms with Gasteiger partial charge < -0.3 is 15.2 Å². The summed E-state index contributed by atoms with van der Waals surface area (Å²) in [6.45, 7) is 12.8. The van der Waals surface area contributed by atoms with Gasteiger partial charge in [0.05, 0.1) is 11.1 Å². The van der Waals surface area contributed by atoms with Crippen molar-refractivity contribution in [3.63, 3.8) is 0 Å². The predicted octanol–water partition coefficient (Wildman–Crippen LogP) is 2.66. The van der Waals surface area contributed by atoms with Gasteiger partial charge in [0.25, 0.3) is 5.91 Å². The minimum absolute atomic E-state index is 0.0652. The molecule has 0 heterocycles. The number of carbonyl (C=O) groups is 1. The number of rotatable bonds is 5. The molecule has 0 aliphatic rings. The Kier molecular flexibility index (Phi) is 5.05. The van der Waals surface area contributed by atoms with Crippen LogP contribution in [-0.2, 0) is 4.79 Å². The summed E-state index contributed by atoms with van der Waals surface area (Å²) in [6, 6.07) is 4.06. The Bertz CT molecular complexity index is 504. The lowest BCUT2D eigenvalue weighted by Gasteiger charge is -2.37. The molecule has 21 heavy (non-hydrogen) atoms. The van der Waals surface area contributed by atoms with Crippen LogP contribution in [0.15, 0.2) is 12.1 Å². The average molecular weight is 293 g/mol. The van der Waals surface area contributed by atoms with E-state index in [0.717, 1.165) is 16.9 Å². The predicted molar refractivity (Wildman–Crippen MR) is 84.7 cm³/mol. The summed E-state index contributed by atoms with van der Waals surface area (Å²) in [7, 11) is 0. The lowest BCUT2D eigenvalue weighted by molar-refractivity contribution is -0.128. The summed E-state index contributed by atoms with van der Waals surface area (Å²) >= 11 is 0. The van der Waals surface area contributed by atoms with Crippen molar-refractivity contribution in [2.45, 2.75) is 59.6 Å². The number of aryl methyl sites for hydroxylation is 3. The van der Waals surface area contributed by atoms with Crippen molar-refractivity contribution >= 4 is 5.91 Å². The number of ether oxygens (including phenoxy) is 1. The van der Waals surface area contributed by atoms with Gasteiger partial charge in [0.1, 0.15) is 5.75 Å². The second kappa shape index (κ2) is 6.06. The summed E-state index contributed by atoms with van der Waals surface area (Å²) in [4.78, 5) is 12.0. The summed E-state index contributed by atoms with van der Waals surface area (Å²) < 4.78 is 5.65. The van der Waals surface area contributed by atoms with E-state index in [1.807, 2.05) is 32.9 Å². The summed E-state index contributed by atoms with van der Waals surface area (Å²) in [5.41, 5.74) is 1.46. The molecule has 0 saturated heterocycles. The zero-order chi connectivity index (χ0) is 16.4. The Morgan fingerprint density at radius 2 is 1.62 bits per heavy atom. The maximum absolute atomic E-state index is 12.0. The number of hydrogen-bond acceptors (Lipinski definition) is 3. The van der Waals surface area contributed by atoms with Crippen molar-refractivity contribution in [3.05, 3.63) is 28.8 Å². The third-order valence-corrected chi connectivity index (χ3v) is 3.93.